The van der Waals surface area contributed by atoms with Gasteiger partial charge in [-0.2, -0.15) is 0 Å². The Labute approximate surface area is 97.5 Å². The van der Waals surface area contributed by atoms with E-state index >= 15 is 0 Å². The predicted octanol–water partition coefficient (Wildman–Crippen LogP) is 2.86. The molecule has 0 unspecified atom stereocenters. The highest BCUT2D eigenvalue weighted by Gasteiger charge is 2.33. The van der Waals surface area contributed by atoms with Crippen molar-refractivity contribution < 1.29 is 5.11 Å². The van der Waals surface area contributed by atoms with E-state index in [1.165, 1.54) is 24.8 Å². The van der Waals surface area contributed by atoms with Gasteiger partial charge in [-0.05, 0) is 37.0 Å². The predicted molar refractivity (Wildman–Crippen MR) is 66.7 cm³/mol. The van der Waals surface area contributed by atoms with Gasteiger partial charge in [0.1, 0.15) is 5.75 Å². The fourth-order valence-corrected chi connectivity index (χ4v) is 3.01. The van der Waals surface area contributed by atoms with Crippen molar-refractivity contribution in [3.05, 3.63) is 29.3 Å². The highest BCUT2D eigenvalue weighted by molar-refractivity contribution is 5.43. The second kappa shape index (κ2) is 4.46. The Bertz CT molecular complexity index is 367. The molecule has 16 heavy (non-hydrogen) atoms. The molecule has 0 aliphatic heterocycles. The molecule has 3 N–H and O–H groups in total. The summed E-state index contributed by atoms with van der Waals surface area (Å²) in [4.78, 5) is 0. The quantitative estimate of drug-likeness (QED) is 0.803. The zero-order valence-electron chi connectivity index (χ0n) is 10.00. The summed E-state index contributed by atoms with van der Waals surface area (Å²) in [7, 11) is 0. The van der Waals surface area contributed by atoms with Crippen molar-refractivity contribution in [1.82, 2.24) is 0 Å². The molecule has 1 aliphatic carbocycles. The molecule has 1 saturated carbocycles. The van der Waals surface area contributed by atoms with Gasteiger partial charge in [0.2, 0.25) is 0 Å². The summed E-state index contributed by atoms with van der Waals surface area (Å²) in [6, 6.07) is 5.82. The lowest BCUT2D eigenvalue weighted by atomic mass is 9.68. The van der Waals surface area contributed by atoms with Gasteiger partial charge in [0.05, 0.1) is 0 Å². The highest BCUT2D eigenvalue weighted by atomic mass is 16.3. The Kier molecular flexibility index (Phi) is 3.20. The Balaban J connectivity index is 2.43. The number of phenols is 1. The molecule has 0 atom stereocenters. The number of hydrogen-bond donors (Lipinski definition) is 2. The Morgan fingerprint density at radius 2 is 1.94 bits per heavy atom. The number of rotatable bonds is 2. The third-order valence-electron chi connectivity index (χ3n) is 4.08. The zero-order chi connectivity index (χ0) is 11.6. The van der Waals surface area contributed by atoms with Crippen molar-refractivity contribution in [1.29, 1.82) is 0 Å². The highest BCUT2D eigenvalue weighted by Crippen LogP contribution is 2.41. The fourth-order valence-electron chi connectivity index (χ4n) is 3.01. The van der Waals surface area contributed by atoms with Crippen LogP contribution in [0.1, 0.15) is 43.2 Å². The summed E-state index contributed by atoms with van der Waals surface area (Å²) in [5, 5.41) is 9.80. The fraction of sp³-hybridized carbons (Fsp3) is 0.571. The molecule has 2 rings (SSSR count). The number of nitrogens with two attached hydrogens (primary N) is 1. The molecule has 0 saturated heterocycles. The second-order valence-electron chi connectivity index (χ2n) is 4.99. The van der Waals surface area contributed by atoms with Crippen LogP contribution >= 0.6 is 0 Å². The molecule has 1 aromatic carbocycles. The molecule has 2 nitrogen and oxygen atoms in total. The molecule has 0 spiro atoms. The van der Waals surface area contributed by atoms with Crippen molar-refractivity contribution >= 4 is 0 Å². The average Bonchev–Trinajstić information content (AvgIpc) is 2.33. The minimum atomic E-state index is 0.112. The molecule has 0 amide bonds. The summed E-state index contributed by atoms with van der Waals surface area (Å²) < 4.78 is 0. The van der Waals surface area contributed by atoms with Crippen LogP contribution in [-0.2, 0) is 5.41 Å². The van der Waals surface area contributed by atoms with E-state index in [-0.39, 0.29) is 5.41 Å². The Morgan fingerprint density at radius 1 is 1.25 bits per heavy atom. The number of aromatic hydroxyl groups is 1. The maximum atomic E-state index is 9.80. The maximum absolute atomic E-state index is 9.80. The van der Waals surface area contributed by atoms with Crippen molar-refractivity contribution in [3.63, 3.8) is 0 Å². The van der Waals surface area contributed by atoms with Gasteiger partial charge >= 0.3 is 0 Å². The van der Waals surface area contributed by atoms with Crippen molar-refractivity contribution in [2.24, 2.45) is 5.73 Å². The monoisotopic (exact) mass is 219 g/mol. The number of phenolic OH excluding ortho intramolecular Hbond substituents is 1. The minimum absolute atomic E-state index is 0.112. The molecular weight excluding hydrogens is 198 g/mol. The van der Waals surface area contributed by atoms with Crippen LogP contribution < -0.4 is 5.73 Å². The summed E-state index contributed by atoms with van der Waals surface area (Å²) in [6.07, 6.45) is 6.15. The van der Waals surface area contributed by atoms with Gasteiger partial charge in [-0.3, -0.25) is 0 Å². The van der Waals surface area contributed by atoms with Crippen molar-refractivity contribution in [2.75, 3.05) is 6.54 Å². The van der Waals surface area contributed by atoms with E-state index in [9.17, 15) is 5.11 Å². The molecule has 88 valence electrons. The van der Waals surface area contributed by atoms with Gasteiger partial charge in [0, 0.05) is 12.0 Å². The van der Waals surface area contributed by atoms with E-state index in [1.54, 1.807) is 6.07 Å². The molecule has 2 heteroatoms. The van der Waals surface area contributed by atoms with Gasteiger partial charge in [0.15, 0.2) is 0 Å². The summed E-state index contributed by atoms with van der Waals surface area (Å²) in [5.74, 6) is 0.399. The molecule has 0 radical (unpaired) electrons. The smallest absolute Gasteiger partial charge is 0.118 e. The second-order valence-corrected chi connectivity index (χ2v) is 4.99. The van der Waals surface area contributed by atoms with Crippen molar-refractivity contribution in [2.45, 2.75) is 44.4 Å². The molecule has 1 aromatic rings. The maximum Gasteiger partial charge on any atom is 0.118 e. The van der Waals surface area contributed by atoms with Crippen LogP contribution in [0, 0.1) is 6.92 Å². The standard InChI is InChI=1S/C14H21NO/c1-11-12(6-5-7-13(11)16)14(10-15)8-3-2-4-9-14/h5-7,16H,2-4,8-10,15H2,1H3. The number of benzene rings is 1. The minimum Gasteiger partial charge on any atom is -0.508 e. The van der Waals surface area contributed by atoms with Crippen molar-refractivity contribution in [3.8, 4) is 5.75 Å². The van der Waals surface area contributed by atoms with Crippen LogP contribution in [0.5, 0.6) is 5.75 Å². The Hall–Kier alpha value is -1.02. The summed E-state index contributed by atoms with van der Waals surface area (Å²) >= 11 is 0. The zero-order valence-corrected chi connectivity index (χ0v) is 10.00. The summed E-state index contributed by atoms with van der Waals surface area (Å²) in [6.45, 7) is 2.69. The van der Waals surface area contributed by atoms with E-state index in [2.05, 4.69) is 6.07 Å². The first-order chi connectivity index (χ1) is 7.69. The topological polar surface area (TPSA) is 46.2 Å². The van der Waals surface area contributed by atoms with E-state index in [4.69, 9.17) is 5.73 Å². The Morgan fingerprint density at radius 3 is 2.56 bits per heavy atom. The van der Waals surface area contributed by atoms with Gasteiger partial charge in [0.25, 0.3) is 0 Å². The van der Waals surface area contributed by atoms with E-state index in [1.807, 2.05) is 13.0 Å². The molecule has 0 bridgehead atoms. The van der Waals surface area contributed by atoms with Gasteiger partial charge in [-0.25, -0.2) is 0 Å². The average molecular weight is 219 g/mol. The third kappa shape index (κ3) is 1.82. The first kappa shape index (κ1) is 11.5. The lowest BCUT2D eigenvalue weighted by Gasteiger charge is -2.38. The van der Waals surface area contributed by atoms with Crippen LogP contribution in [0.25, 0.3) is 0 Å². The van der Waals surface area contributed by atoms with Crippen LogP contribution in [-0.4, -0.2) is 11.7 Å². The van der Waals surface area contributed by atoms with Crippen LogP contribution in [0.15, 0.2) is 18.2 Å². The normalized spacial score (nSPS) is 19.6. The first-order valence-corrected chi connectivity index (χ1v) is 6.19. The molecule has 1 aliphatic rings. The molecule has 1 fully saturated rings. The lowest BCUT2D eigenvalue weighted by Crippen LogP contribution is -2.37. The molecule has 0 aromatic heterocycles. The largest absolute Gasteiger partial charge is 0.508 e. The van der Waals surface area contributed by atoms with E-state index in [0.717, 1.165) is 18.4 Å². The third-order valence-corrected chi connectivity index (χ3v) is 4.08. The van der Waals surface area contributed by atoms with Gasteiger partial charge in [-0.1, -0.05) is 31.4 Å². The van der Waals surface area contributed by atoms with Crippen LogP contribution in [0.2, 0.25) is 0 Å². The molecular formula is C14H21NO. The van der Waals surface area contributed by atoms with Crippen LogP contribution in [0.4, 0.5) is 0 Å². The van der Waals surface area contributed by atoms with E-state index in [0.29, 0.717) is 12.3 Å². The van der Waals surface area contributed by atoms with Gasteiger partial charge < -0.3 is 10.8 Å². The first-order valence-electron chi connectivity index (χ1n) is 6.19. The summed E-state index contributed by atoms with van der Waals surface area (Å²) in [5.41, 5.74) is 8.39. The number of hydrogen-bond acceptors (Lipinski definition) is 2. The lowest BCUT2D eigenvalue weighted by molar-refractivity contribution is 0.298. The van der Waals surface area contributed by atoms with Gasteiger partial charge in [-0.15, -0.1) is 0 Å². The SMILES string of the molecule is Cc1c(O)cccc1C1(CN)CCCCC1. The van der Waals surface area contributed by atoms with Crippen LogP contribution in [0.3, 0.4) is 0 Å². The van der Waals surface area contributed by atoms with E-state index < -0.39 is 0 Å². The molecule has 0 heterocycles.